The van der Waals surface area contributed by atoms with E-state index in [0.29, 0.717) is 49.1 Å². The first kappa shape index (κ1) is 23.3. The molecule has 1 fully saturated rings. The summed E-state index contributed by atoms with van der Waals surface area (Å²) in [5.41, 5.74) is 6.56. The fraction of sp³-hybridized carbons (Fsp3) is 0.571. The summed E-state index contributed by atoms with van der Waals surface area (Å²) >= 11 is 0. The number of carbonyl (C=O) groups is 1. The second kappa shape index (κ2) is 10.2. The number of carbonyl (C=O) groups excluding carboxylic acids is 1. The molecule has 160 valence electrons. The molecule has 1 aliphatic rings. The normalized spacial score (nSPS) is 15.2. The van der Waals surface area contributed by atoms with Crippen molar-refractivity contribution in [1.82, 2.24) is 15.0 Å². The second-order valence-electron chi connectivity index (χ2n) is 8.22. The van der Waals surface area contributed by atoms with Crippen molar-refractivity contribution in [3.8, 4) is 11.5 Å². The Labute approximate surface area is 178 Å². The summed E-state index contributed by atoms with van der Waals surface area (Å²) < 4.78 is 11.3. The van der Waals surface area contributed by atoms with Crippen LogP contribution >= 0.6 is 12.4 Å². The molecule has 3 rings (SSSR count). The average Bonchev–Trinajstić information content (AvgIpc) is 3.19. The van der Waals surface area contributed by atoms with Crippen LogP contribution in [0.15, 0.2) is 28.8 Å². The third-order valence-electron chi connectivity index (χ3n) is 4.92. The fourth-order valence-corrected chi connectivity index (χ4v) is 3.22. The van der Waals surface area contributed by atoms with Crippen molar-refractivity contribution in [2.24, 2.45) is 5.73 Å². The van der Waals surface area contributed by atoms with Gasteiger partial charge in [-0.2, -0.15) is 4.98 Å². The van der Waals surface area contributed by atoms with Gasteiger partial charge < -0.3 is 19.9 Å². The first-order valence-electron chi connectivity index (χ1n) is 9.94. The van der Waals surface area contributed by atoms with Crippen LogP contribution in [-0.4, -0.2) is 53.3 Å². The van der Waals surface area contributed by atoms with Gasteiger partial charge in [0.2, 0.25) is 0 Å². The number of piperidine rings is 1. The molecule has 1 amide bonds. The SMILES string of the molecule is CC(C)(C)c1noc(-c2ccccc2C(=O)N2CCC(OCCCN)CC2)n1.Cl. The zero-order valence-electron chi connectivity index (χ0n) is 17.4. The van der Waals surface area contributed by atoms with Gasteiger partial charge >= 0.3 is 0 Å². The number of nitrogens with two attached hydrogens (primary N) is 1. The second-order valence-corrected chi connectivity index (χ2v) is 8.22. The Morgan fingerprint density at radius 1 is 1.28 bits per heavy atom. The zero-order chi connectivity index (χ0) is 20.1. The third-order valence-corrected chi connectivity index (χ3v) is 4.92. The highest BCUT2D eigenvalue weighted by Gasteiger charge is 2.28. The molecule has 1 saturated heterocycles. The highest BCUT2D eigenvalue weighted by Crippen LogP contribution is 2.27. The Kier molecular flexibility index (Phi) is 8.19. The minimum atomic E-state index is -0.216. The maximum absolute atomic E-state index is 13.1. The van der Waals surface area contributed by atoms with Crippen molar-refractivity contribution in [3.05, 3.63) is 35.7 Å². The lowest BCUT2D eigenvalue weighted by Crippen LogP contribution is -2.41. The van der Waals surface area contributed by atoms with Crippen LogP contribution in [0, 0.1) is 0 Å². The van der Waals surface area contributed by atoms with Crippen molar-refractivity contribution in [2.75, 3.05) is 26.2 Å². The summed E-state index contributed by atoms with van der Waals surface area (Å²) in [5.74, 6) is 1.00. The molecule has 0 aliphatic carbocycles. The van der Waals surface area contributed by atoms with E-state index in [1.165, 1.54) is 0 Å². The van der Waals surface area contributed by atoms with Crippen molar-refractivity contribution in [1.29, 1.82) is 0 Å². The topological polar surface area (TPSA) is 94.5 Å². The van der Waals surface area contributed by atoms with Gasteiger partial charge in [-0.1, -0.05) is 38.1 Å². The van der Waals surface area contributed by atoms with E-state index >= 15 is 0 Å². The zero-order valence-corrected chi connectivity index (χ0v) is 18.2. The van der Waals surface area contributed by atoms with Gasteiger partial charge in [-0.25, -0.2) is 0 Å². The highest BCUT2D eigenvalue weighted by atomic mass is 35.5. The molecule has 1 aromatic heterocycles. The van der Waals surface area contributed by atoms with E-state index in [0.717, 1.165) is 19.3 Å². The number of nitrogens with zero attached hydrogens (tertiary/aromatic N) is 3. The average molecular weight is 423 g/mol. The van der Waals surface area contributed by atoms with Crippen LogP contribution in [0.2, 0.25) is 0 Å². The van der Waals surface area contributed by atoms with E-state index in [1.807, 2.05) is 49.9 Å². The number of halogens is 1. The number of rotatable bonds is 6. The lowest BCUT2D eigenvalue weighted by molar-refractivity contribution is 0.00846. The van der Waals surface area contributed by atoms with E-state index in [-0.39, 0.29) is 29.8 Å². The molecule has 0 spiro atoms. The smallest absolute Gasteiger partial charge is 0.258 e. The van der Waals surface area contributed by atoms with Gasteiger partial charge in [0.15, 0.2) is 5.82 Å². The van der Waals surface area contributed by atoms with Crippen molar-refractivity contribution < 1.29 is 14.1 Å². The summed E-state index contributed by atoms with van der Waals surface area (Å²) in [5, 5.41) is 4.09. The molecule has 29 heavy (non-hydrogen) atoms. The molecule has 1 aliphatic heterocycles. The van der Waals surface area contributed by atoms with Crippen molar-refractivity contribution in [3.63, 3.8) is 0 Å². The first-order valence-corrected chi connectivity index (χ1v) is 9.94. The summed E-state index contributed by atoms with van der Waals surface area (Å²) in [6.45, 7) is 8.76. The van der Waals surface area contributed by atoms with Crippen LogP contribution < -0.4 is 5.73 Å². The molecular weight excluding hydrogens is 392 g/mol. The van der Waals surface area contributed by atoms with E-state index in [1.54, 1.807) is 0 Å². The Bertz CT molecular complexity index is 795. The van der Waals surface area contributed by atoms with Gasteiger partial charge in [-0.3, -0.25) is 4.79 Å². The monoisotopic (exact) mass is 422 g/mol. The van der Waals surface area contributed by atoms with Gasteiger partial charge in [0.1, 0.15) is 0 Å². The minimum absolute atomic E-state index is 0. The van der Waals surface area contributed by atoms with Crippen LogP contribution in [0.25, 0.3) is 11.5 Å². The fourth-order valence-electron chi connectivity index (χ4n) is 3.22. The third kappa shape index (κ3) is 5.78. The lowest BCUT2D eigenvalue weighted by atomic mass is 9.96. The number of ether oxygens (including phenoxy) is 1. The predicted molar refractivity (Wildman–Crippen MR) is 114 cm³/mol. The molecule has 2 N–H and O–H groups in total. The molecule has 0 atom stereocenters. The number of hydrogen-bond acceptors (Lipinski definition) is 6. The van der Waals surface area contributed by atoms with Crippen LogP contribution in [0.5, 0.6) is 0 Å². The number of hydrogen-bond donors (Lipinski definition) is 1. The first-order chi connectivity index (χ1) is 13.4. The van der Waals surface area contributed by atoms with Crippen molar-refractivity contribution >= 4 is 18.3 Å². The number of aromatic nitrogens is 2. The van der Waals surface area contributed by atoms with Crippen LogP contribution in [0.3, 0.4) is 0 Å². The number of amides is 1. The Balaban J connectivity index is 0.00000300. The van der Waals surface area contributed by atoms with Gasteiger partial charge in [-0.05, 0) is 37.9 Å². The highest BCUT2D eigenvalue weighted by molar-refractivity contribution is 6.00. The lowest BCUT2D eigenvalue weighted by Gasteiger charge is -2.32. The Hall–Kier alpha value is -1.96. The van der Waals surface area contributed by atoms with E-state index in [2.05, 4.69) is 10.1 Å². The summed E-state index contributed by atoms with van der Waals surface area (Å²) in [6, 6.07) is 7.42. The van der Waals surface area contributed by atoms with Crippen LogP contribution in [0.4, 0.5) is 0 Å². The summed E-state index contributed by atoms with van der Waals surface area (Å²) in [7, 11) is 0. The van der Waals surface area contributed by atoms with Gasteiger partial charge in [-0.15, -0.1) is 12.4 Å². The van der Waals surface area contributed by atoms with E-state index in [4.69, 9.17) is 15.0 Å². The summed E-state index contributed by atoms with van der Waals surface area (Å²) in [6.07, 6.45) is 2.75. The molecule has 8 heteroatoms. The molecule has 0 unspecified atom stereocenters. The molecular formula is C21H31ClN4O3. The maximum Gasteiger partial charge on any atom is 0.258 e. The molecule has 2 heterocycles. The molecule has 7 nitrogen and oxygen atoms in total. The molecule has 2 aromatic rings. The van der Waals surface area contributed by atoms with Crippen molar-refractivity contribution in [2.45, 2.75) is 51.6 Å². The largest absolute Gasteiger partial charge is 0.378 e. The molecule has 0 bridgehead atoms. The van der Waals surface area contributed by atoms with E-state index in [9.17, 15) is 4.79 Å². The van der Waals surface area contributed by atoms with Crippen LogP contribution in [-0.2, 0) is 10.2 Å². The van der Waals surface area contributed by atoms with Gasteiger partial charge in [0, 0.05) is 25.1 Å². The number of benzene rings is 1. The standard InChI is InChI=1S/C21H30N4O3.ClH/c1-21(2,3)20-23-18(28-24-20)16-7-4-5-8-17(16)19(26)25-12-9-15(10-13-25)27-14-6-11-22;/h4-5,7-8,15H,6,9-14,22H2,1-3H3;1H. The minimum Gasteiger partial charge on any atom is -0.378 e. The molecule has 0 saturated carbocycles. The van der Waals surface area contributed by atoms with Gasteiger partial charge in [0.25, 0.3) is 11.8 Å². The van der Waals surface area contributed by atoms with Crippen LogP contribution in [0.1, 0.15) is 56.2 Å². The molecule has 1 aromatic carbocycles. The molecule has 0 radical (unpaired) electrons. The van der Waals surface area contributed by atoms with E-state index < -0.39 is 0 Å². The summed E-state index contributed by atoms with van der Waals surface area (Å²) in [4.78, 5) is 19.5. The Morgan fingerprint density at radius 2 is 1.97 bits per heavy atom. The number of likely N-dealkylation sites (tertiary alicyclic amines) is 1. The quantitative estimate of drug-likeness (QED) is 0.716. The predicted octanol–water partition coefficient (Wildman–Crippen LogP) is 3.43. The maximum atomic E-state index is 13.1. The van der Waals surface area contributed by atoms with Gasteiger partial charge in [0.05, 0.1) is 17.2 Å². The Morgan fingerprint density at radius 3 is 2.59 bits per heavy atom.